The van der Waals surface area contributed by atoms with Crippen molar-refractivity contribution in [3.05, 3.63) is 39.4 Å². The lowest BCUT2D eigenvalue weighted by molar-refractivity contribution is 0.0225. The number of halogens is 1. The predicted octanol–water partition coefficient (Wildman–Crippen LogP) is 4.05. The molecule has 0 spiro atoms. The number of phenols is 1. The van der Waals surface area contributed by atoms with E-state index in [9.17, 15) is 14.7 Å². The summed E-state index contributed by atoms with van der Waals surface area (Å²) in [6.45, 7) is 6.37. The van der Waals surface area contributed by atoms with E-state index in [0.717, 1.165) is 10.6 Å². The predicted molar refractivity (Wildman–Crippen MR) is 104 cm³/mol. The van der Waals surface area contributed by atoms with Crippen molar-refractivity contribution >= 4 is 40.1 Å². The molecule has 9 heteroatoms. The fourth-order valence-electron chi connectivity index (χ4n) is 2.59. The minimum absolute atomic E-state index is 0.0750. The van der Waals surface area contributed by atoms with E-state index in [1.54, 1.807) is 4.90 Å². The quantitative estimate of drug-likeness (QED) is 0.780. The van der Waals surface area contributed by atoms with Crippen molar-refractivity contribution in [3.63, 3.8) is 0 Å². The lowest BCUT2D eigenvalue weighted by atomic mass is 10.2. The number of rotatable bonds is 2. The van der Waals surface area contributed by atoms with E-state index in [0.29, 0.717) is 29.7 Å². The summed E-state index contributed by atoms with van der Waals surface area (Å²) in [5, 5.41) is 13.3. The van der Waals surface area contributed by atoms with Gasteiger partial charge in [0, 0.05) is 22.9 Å². The molecule has 2 amide bonds. The molecule has 0 aliphatic carbocycles. The average molecular weight is 410 g/mol. The summed E-state index contributed by atoms with van der Waals surface area (Å²) in [5.41, 5.74) is 0.375. The van der Waals surface area contributed by atoms with E-state index in [1.807, 2.05) is 20.8 Å². The summed E-state index contributed by atoms with van der Waals surface area (Å²) in [7, 11) is 0. The van der Waals surface area contributed by atoms with Crippen LogP contribution in [-0.4, -0.2) is 39.1 Å². The van der Waals surface area contributed by atoms with Gasteiger partial charge in [0.2, 0.25) is 0 Å². The second-order valence-corrected chi connectivity index (χ2v) is 8.68. The summed E-state index contributed by atoms with van der Waals surface area (Å²) in [6.07, 6.45) is 0.222. The Hall–Kier alpha value is -2.32. The summed E-state index contributed by atoms with van der Waals surface area (Å²) < 4.78 is 5.41. The smallest absolute Gasteiger partial charge is 0.410 e. The molecule has 0 unspecified atom stereocenters. The second-order valence-electron chi connectivity index (χ2n) is 7.16. The van der Waals surface area contributed by atoms with Crippen LogP contribution in [0.1, 0.15) is 41.7 Å². The number of aromatic nitrogens is 1. The number of phenolic OH excluding ortho intramolecular Hbond substituents is 1. The minimum Gasteiger partial charge on any atom is -0.507 e. The number of fused-ring (bicyclic) bond motifs is 1. The summed E-state index contributed by atoms with van der Waals surface area (Å²) in [6, 6.07) is 4.26. The van der Waals surface area contributed by atoms with Crippen LogP contribution < -0.4 is 5.32 Å². The maximum atomic E-state index is 12.4. The van der Waals surface area contributed by atoms with Crippen molar-refractivity contribution in [2.24, 2.45) is 0 Å². The van der Waals surface area contributed by atoms with Gasteiger partial charge in [-0.15, -0.1) is 0 Å². The van der Waals surface area contributed by atoms with Crippen LogP contribution in [0.25, 0.3) is 0 Å². The molecule has 0 saturated heterocycles. The average Bonchev–Trinajstić information content (AvgIpc) is 2.96. The van der Waals surface area contributed by atoms with Gasteiger partial charge in [-0.2, -0.15) is 0 Å². The van der Waals surface area contributed by atoms with Crippen LogP contribution in [0.15, 0.2) is 18.2 Å². The van der Waals surface area contributed by atoms with Crippen molar-refractivity contribution in [1.82, 2.24) is 9.88 Å². The van der Waals surface area contributed by atoms with Crippen molar-refractivity contribution < 1.29 is 19.4 Å². The molecular formula is C18H20ClN3O4S. The first-order chi connectivity index (χ1) is 12.6. The number of hydrogen-bond donors (Lipinski definition) is 2. The van der Waals surface area contributed by atoms with Gasteiger partial charge in [0.25, 0.3) is 5.91 Å². The maximum Gasteiger partial charge on any atom is 0.410 e. The van der Waals surface area contributed by atoms with Crippen LogP contribution in [-0.2, 0) is 17.7 Å². The van der Waals surface area contributed by atoms with Crippen molar-refractivity contribution in [2.75, 3.05) is 11.9 Å². The number of carbonyl (C=O) groups is 2. The highest BCUT2D eigenvalue weighted by molar-refractivity contribution is 7.15. The number of benzene rings is 1. The fraction of sp³-hybridized carbons (Fsp3) is 0.389. The van der Waals surface area contributed by atoms with Crippen LogP contribution in [0.4, 0.5) is 9.93 Å². The molecule has 2 N–H and O–H groups in total. The van der Waals surface area contributed by atoms with Gasteiger partial charge in [0.05, 0.1) is 17.8 Å². The molecular weight excluding hydrogens is 390 g/mol. The zero-order valence-electron chi connectivity index (χ0n) is 15.2. The van der Waals surface area contributed by atoms with Crippen molar-refractivity contribution in [2.45, 2.75) is 39.3 Å². The Bertz CT molecular complexity index is 891. The number of thiazole rings is 1. The molecule has 0 saturated carbocycles. The van der Waals surface area contributed by atoms with Gasteiger partial charge in [-0.05, 0) is 39.0 Å². The highest BCUT2D eigenvalue weighted by atomic mass is 35.5. The standard InChI is InChI=1S/C18H20ClN3O4S/c1-18(2,3)26-17(25)22-7-6-12-14(9-22)27-16(20-12)21-15(24)11-8-10(19)4-5-13(11)23/h4-5,8,23H,6-7,9H2,1-3H3,(H,20,21,24). The molecule has 0 radical (unpaired) electrons. The zero-order valence-corrected chi connectivity index (χ0v) is 16.8. The molecule has 1 aliphatic rings. The second kappa shape index (κ2) is 7.36. The Kier molecular flexibility index (Phi) is 5.30. The number of ether oxygens (including phenoxy) is 1. The Balaban J connectivity index is 1.70. The first kappa shape index (κ1) is 19.4. The summed E-state index contributed by atoms with van der Waals surface area (Å²) >= 11 is 7.18. The van der Waals surface area contributed by atoms with Crippen LogP contribution >= 0.6 is 22.9 Å². The molecule has 0 fully saturated rings. The highest BCUT2D eigenvalue weighted by Gasteiger charge is 2.28. The summed E-state index contributed by atoms with van der Waals surface area (Å²) in [4.78, 5) is 31.6. The van der Waals surface area contributed by atoms with Crippen molar-refractivity contribution in [1.29, 1.82) is 0 Å². The highest BCUT2D eigenvalue weighted by Crippen LogP contribution is 2.30. The Labute approximate surface area is 165 Å². The number of anilines is 1. The molecule has 1 aromatic carbocycles. The van der Waals surface area contributed by atoms with E-state index >= 15 is 0 Å². The van der Waals surface area contributed by atoms with E-state index in [2.05, 4.69) is 10.3 Å². The van der Waals surface area contributed by atoms with Gasteiger partial charge in [-0.3, -0.25) is 10.1 Å². The van der Waals surface area contributed by atoms with E-state index in [-0.39, 0.29) is 17.4 Å². The fourth-order valence-corrected chi connectivity index (χ4v) is 3.78. The Morgan fingerprint density at radius 2 is 2.11 bits per heavy atom. The maximum absolute atomic E-state index is 12.4. The number of nitrogens with zero attached hydrogens (tertiary/aromatic N) is 2. The molecule has 2 heterocycles. The lowest BCUT2D eigenvalue weighted by Crippen LogP contribution is -2.39. The number of amides is 2. The third-order valence-electron chi connectivity index (χ3n) is 3.81. The van der Waals surface area contributed by atoms with E-state index in [1.165, 1.54) is 29.5 Å². The van der Waals surface area contributed by atoms with Crippen LogP contribution in [0, 0.1) is 0 Å². The largest absolute Gasteiger partial charge is 0.507 e. The molecule has 2 aromatic rings. The van der Waals surface area contributed by atoms with E-state index in [4.69, 9.17) is 16.3 Å². The molecule has 27 heavy (non-hydrogen) atoms. The number of carbonyl (C=O) groups excluding carboxylic acids is 2. The van der Waals surface area contributed by atoms with Crippen LogP contribution in [0.3, 0.4) is 0 Å². The summed E-state index contributed by atoms with van der Waals surface area (Å²) in [5.74, 6) is -0.653. The van der Waals surface area contributed by atoms with E-state index < -0.39 is 11.5 Å². The first-order valence-corrected chi connectivity index (χ1v) is 9.58. The molecule has 1 aliphatic heterocycles. The molecule has 1 aromatic heterocycles. The minimum atomic E-state index is -0.552. The van der Waals surface area contributed by atoms with Crippen molar-refractivity contribution in [3.8, 4) is 5.75 Å². The van der Waals surface area contributed by atoms with Gasteiger partial charge in [0.15, 0.2) is 5.13 Å². The number of hydrogen-bond acceptors (Lipinski definition) is 6. The normalized spacial score (nSPS) is 13.9. The zero-order chi connectivity index (χ0) is 19.8. The topological polar surface area (TPSA) is 91.8 Å². The SMILES string of the molecule is CC(C)(C)OC(=O)N1CCc2nc(NC(=O)c3cc(Cl)ccc3O)sc2C1. The first-order valence-electron chi connectivity index (χ1n) is 8.39. The molecule has 0 bridgehead atoms. The van der Waals surface area contributed by atoms with Gasteiger partial charge in [-0.25, -0.2) is 9.78 Å². The Morgan fingerprint density at radius 3 is 2.81 bits per heavy atom. The van der Waals surface area contributed by atoms with Crippen LogP contribution in [0.2, 0.25) is 5.02 Å². The number of nitrogens with one attached hydrogen (secondary N) is 1. The third kappa shape index (κ3) is 4.70. The van der Waals surface area contributed by atoms with Crippen LogP contribution in [0.5, 0.6) is 5.75 Å². The third-order valence-corrected chi connectivity index (χ3v) is 5.04. The Morgan fingerprint density at radius 1 is 1.37 bits per heavy atom. The molecule has 3 rings (SSSR count). The molecule has 0 atom stereocenters. The molecule has 144 valence electrons. The van der Waals surface area contributed by atoms with Gasteiger partial charge >= 0.3 is 6.09 Å². The van der Waals surface area contributed by atoms with Gasteiger partial charge in [0.1, 0.15) is 11.4 Å². The van der Waals surface area contributed by atoms with Gasteiger partial charge < -0.3 is 14.7 Å². The van der Waals surface area contributed by atoms with Gasteiger partial charge in [-0.1, -0.05) is 22.9 Å². The monoisotopic (exact) mass is 409 g/mol. The number of aromatic hydroxyl groups is 1. The molecule has 7 nitrogen and oxygen atoms in total. The lowest BCUT2D eigenvalue weighted by Gasteiger charge is -2.29.